The second-order valence-electron chi connectivity index (χ2n) is 4.53. The Bertz CT molecular complexity index is 568. The molecule has 0 bridgehead atoms. The zero-order valence-electron chi connectivity index (χ0n) is 11.8. The van der Waals surface area contributed by atoms with Crippen molar-refractivity contribution in [3.8, 4) is 0 Å². The summed E-state index contributed by atoms with van der Waals surface area (Å²) in [5.41, 5.74) is 2.20. The van der Waals surface area contributed by atoms with Gasteiger partial charge < -0.3 is 0 Å². The van der Waals surface area contributed by atoms with E-state index in [9.17, 15) is 4.79 Å². The first-order valence-corrected chi connectivity index (χ1v) is 7.67. The average molecular weight is 276 g/mol. The highest BCUT2D eigenvalue weighted by atomic mass is 32.1. The van der Waals surface area contributed by atoms with Gasteiger partial charge in [0.2, 0.25) is 0 Å². The number of hydrogen-bond donors (Lipinski definition) is 0. The molecule has 0 aliphatic heterocycles. The van der Waals surface area contributed by atoms with Crippen molar-refractivity contribution in [2.45, 2.75) is 46.6 Å². The molecule has 0 aliphatic rings. The molecule has 102 valence electrons. The summed E-state index contributed by atoms with van der Waals surface area (Å²) in [6.45, 7) is 6.64. The zero-order valence-corrected chi connectivity index (χ0v) is 12.6. The minimum absolute atomic E-state index is 0.158. The lowest BCUT2D eigenvalue weighted by Gasteiger charge is -2.03. The van der Waals surface area contributed by atoms with Crippen LogP contribution in [0.5, 0.6) is 0 Å². The van der Waals surface area contributed by atoms with Gasteiger partial charge in [0, 0.05) is 10.6 Å². The van der Waals surface area contributed by atoms with Gasteiger partial charge in [0.05, 0.1) is 10.6 Å². The number of thiophene rings is 1. The van der Waals surface area contributed by atoms with Crippen molar-refractivity contribution in [1.82, 2.24) is 9.78 Å². The van der Waals surface area contributed by atoms with Crippen LogP contribution in [-0.2, 0) is 25.8 Å². The molecule has 0 unspecified atom stereocenters. The number of aryl methyl sites for hydroxylation is 3. The highest BCUT2D eigenvalue weighted by molar-refractivity contribution is 7.14. The van der Waals surface area contributed by atoms with E-state index in [-0.39, 0.29) is 5.78 Å². The summed E-state index contributed by atoms with van der Waals surface area (Å²) in [5, 5.41) is 4.49. The minimum atomic E-state index is 0.158. The Balaban J connectivity index is 2.16. The van der Waals surface area contributed by atoms with Crippen LogP contribution in [0.2, 0.25) is 0 Å². The van der Waals surface area contributed by atoms with Crippen molar-refractivity contribution in [2.75, 3.05) is 0 Å². The maximum atomic E-state index is 12.3. The van der Waals surface area contributed by atoms with E-state index in [1.54, 1.807) is 11.3 Å². The fraction of sp³-hybridized carbons (Fsp3) is 0.467. The van der Waals surface area contributed by atoms with Crippen LogP contribution in [0.15, 0.2) is 18.2 Å². The summed E-state index contributed by atoms with van der Waals surface area (Å²) >= 11 is 1.60. The first-order chi connectivity index (χ1) is 9.17. The molecule has 0 amide bonds. The predicted molar refractivity (Wildman–Crippen MR) is 79.0 cm³/mol. The van der Waals surface area contributed by atoms with Crippen molar-refractivity contribution in [3.63, 3.8) is 0 Å². The van der Waals surface area contributed by atoms with Gasteiger partial charge in [0.1, 0.15) is 6.54 Å². The number of ketones is 1. The van der Waals surface area contributed by atoms with E-state index in [1.807, 2.05) is 16.8 Å². The molecular formula is C15H20N2OS. The number of aromatic nitrogens is 2. The van der Waals surface area contributed by atoms with Gasteiger partial charge in [-0.25, -0.2) is 0 Å². The monoisotopic (exact) mass is 276 g/mol. The fourth-order valence-electron chi connectivity index (χ4n) is 2.04. The molecular weight excluding hydrogens is 256 g/mol. The first kappa shape index (κ1) is 14.0. The molecule has 0 saturated carbocycles. The van der Waals surface area contributed by atoms with Crippen LogP contribution in [0.4, 0.5) is 0 Å². The molecule has 2 rings (SSSR count). The van der Waals surface area contributed by atoms with Crippen LogP contribution in [0, 0.1) is 0 Å². The molecule has 0 aliphatic carbocycles. The van der Waals surface area contributed by atoms with Gasteiger partial charge in [0.25, 0.3) is 0 Å². The Morgan fingerprint density at radius 2 is 2.00 bits per heavy atom. The van der Waals surface area contributed by atoms with Crippen molar-refractivity contribution >= 4 is 17.1 Å². The van der Waals surface area contributed by atoms with Crippen LogP contribution < -0.4 is 0 Å². The van der Waals surface area contributed by atoms with Crippen LogP contribution in [0.25, 0.3) is 0 Å². The van der Waals surface area contributed by atoms with E-state index >= 15 is 0 Å². The van der Waals surface area contributed by atoms with E-state index in [4.69, 9.17) is 0 Å². The summed E-state index contributed by atoms with van der Waals surface area (Å²) < 4.78 is 1.85. The predicted octanol–water partition coefficient (Wildman–Crippen LogP) is 3.51. The summed E-state index contributed by atoms with van der Waals surface area (Å²) in [5.74, 6) is 0.158. The standard InChI is InChI=1S/C15H20N2OS/c1-4-11-9-12(5-2)17(16-11)10-14(18)15-8-7-13(6-3)19-15/h7-9H,4-6,10H2,1-3H3. The smallest absolute Gasteiger partial charge is 0.194 e. The Morgan fingerprint density at radius 1 is 1.21 bits per heavy atom. The lowest BCUT2D eigenvalue weighted by Crippen LogP contribution is -2.13. The normalized spacial score (nSPS) is 10.9. The molecule has 0 N–H and O–H groups in total. The molecule has 0 spiro atoms. The lowest BCUT2D eigenvalue weighted by molar-refractivity contribution is 0.0970. The van der Waals surface area contributed by atoms with Gasteiger partial charge in [0.15, 0.2) is 5.78 Å². The summed E-state index contributed by atoms with van der Waals surface area (Å²) in [6.07, 6.45) is 2.80. The van der Waals surface area contributed by atoms with Crippen LogP contribution in [0.3, 0.4) is 0 Å². The third-order valence-electron chi connectivity index (χ3n) is 3.22. The molecule has 0 radical (unpaired) electrons. The molecule has 19 heavy (non-hydrogen) atoms. The van der Waals surface area contributed by atoms with Gasteiger partial charge in [-0.15, -0.1) is 11.3 Å². The summed E-state index contributed by atoms with van der Waals surface area (Å²) in [6, 6.07) is 6.07. The molecule has 2 heterocycles. The molecule has 3 nitrogen and oxygen atoms in total. The van der Waals surface area contributed by atoms with Gasteiger partial charge >= 0.3 is 0 Å². The average Bonchev–Trinajstić information content (AvgIpc) is 3.04. The van der Waals surface area contributed by atoms with E-state index < -0.39 is 0 Å². The molecule has 0 atom stereocenters. The topological polar surface area (TPSA) is 34.9 Å². The van der Waals surface area contributed by atoms with E-state index in [0.717, 1.165) is 35.5 Å². The molecule has 0 aromatic carbocycles. The molecule has 0 saturated heterocycles. The number of Topliss-reactive ketones (excluding diaryl/α,β-unsaturated/α-hetero) is 1. The minimum Gasteiger partial charge on any atom is -0.291 e. The van der Waals surface area contributed by atoms with Crippen molar-refractivity contribution in [1.29, 1.82) is 0 Å². The van der Waals surface area contributed by atoms with Crippen molar-refractivity contribution < 1.29 is 4.79 Å². The van der Waals surface area contributed by atoms with Gasteiger partial charge in [-0.3, -0.25) is 9.48 Å². The lowest BCUT2D eigenvalue weighted by atomic mass is 10.2. The fourth-order valence-corrected chi connectivity index (χ4v) is 2.92. The van der Waals surface area contributed by atoms with Crippen molar-refractivity contribution in [3.05, 3.63) is 39.3 Å². The van der Waals surface area contributed by atoms with Crippen LogP contribution in [-0.4, -0.2) is 15.6 Å². The highest BCUT2D eigenvalue weighted by Crippen LogP contribution is 2.18. The Labute approximate surface area is 118 Å². The summed E-state index contributed by atoms with van der Waals surface area (Å²) in [7, 11) is 0. The maximum Gasteiger partial charge on any atom is 0.194 e. The number of carbonyl (C=O) groups excluding carboxylic acids is 1. The number of rotatable bonds is 6. The van der Waals surface area contributed by atoms with Crippen LogP contribution >= 0.6 is 11.3 Å². The zero-order chi connectivity index (χ0) is 13.8. The maximum absolute atomic E-state index is 12.3. The van der Waals surface area contributed by atoms with E-state index in [2.05, 4.69) is 31.9 Å². The van der Waals surface area contributed by atoms with Gasteiger partial charge in [-0.1, -0.05) is 20.8 Å². The Kier molecular flexibility index (Phi) is 4.53. The third kappa shape index (κ3) is 3.13. The Hall–Kier alpha value is -1.42. The van der Waals surface area contributed by atoms with E-state index in [1.165, 1.54) is 4.88 Å². The molecule has 2 aromatic heterocycles. The Morgan fingerprint density at radius 3 is 2.58 bits per heavy atom. The number of hydrogen-bond acceptors (Lipinski definition) is 3. The van der Waals surface area contributed by atoms with Crippen molar-refractivity contribution in [2.24, 2.45) is 0 Å². The highest BCUT2D eigenvalue weighted by Gasteiger charge is 2.13. The number of nitrogens with zero attached hydrogens (tertiary/aromatic N) is 2. The SMILES string of the molecule is CCc1cc(CC)n(CC(=O)c2ccc(CC)s2)n1. The third-order valence-corrected chi connectivity index (χ3v) is 4.49. The summed E-state index contributed by atoms with van der Waals surface area (Å²) in [4.78, 5) is 14.4. The second kappa shape index (κ2) is 6.15. The number of carbonyl (C=O) groups is 1. The molecule has 0 fully saturated rings. The second-order valence-corrected chi connectivity index (χ2v) is 5.70. The van der Waals surface area contributed by atoms with Crippen LogP contribution in [0.1, 0.15) is 46.7 Å². The van der Waals surface area contributed by atoms with E-state index in [0.29, 0.717) is 6.54 Å². The van der Waals surface area contributed by atoms with Gasteiger partial charge in [-0.05, 0) is 37.5 Å². The molecule has 4 heteroatoms. The molecule has 2 aromatic rings. The quantitative estimate of drug-likeness (QED) is 0.757. The first-order valence-electron chi connectivity index (χ1n) is 6.85. The largest absolute Gasteiger partial charge is 0.291 e. The van der Waals surface area contributed by atoms with Gasteiger partial charge in [-0.2, -0.15) is 5.10 Å².